The lowest BCUT2D eigenvalue weighted by atomic mass is 10.1. The molecule has 0 saturated carbocycles. The topological polar surface area (TPSA) is 66.8 Å². The van der Waals surface area contributed by atoms with E-state index >= 15 is 0 Å². The lowest BCUT2D eigenvalue weighted by Crippen LogP contribution is -2.42. The monoisotopic (exact) mass is 221 g/mol. The van der Waals surface area contributed by atoms with Gasteiger partial charge in [-0.2, -0.15) is 0 Å². The third kappa shape index (κ3) is 1.50. The Balaban J connectivity index is 2.41. The van der Waals surface area contributed by atoms with Crippen molar-refractivity contribution in [1.29, 1.82) is 0 Å². The van der Waals surface area contributed by atoms with E-state index in [1.165, 1.54) is 7.11 Å². The van der Waals surface area contributed by atoms with E-state index in [9.17, 15) is 9.59 Å². The van der Waals surface area contributed by atoms with E-state index in [4.69, 9.17) is 5.11 Å². The Morgan fingerprint density at radius 1 is 1.44 bits per heavy atom. The number of esters is 1. The standard InChI is InChI=1S/C11H11NO4/c1-16-10(13)9-6-7-4-2-3-5-8(7)12(9)11(14)15/h2-5,9H,6H2,1H3,(H,14,15). The van der Waals surface area contributed by atoms with Gasteiger partial charge < -0.3 is 9.84 Å². The smallest absolute Gasteiger partial charge is 0.412 e. The van der Waals surface area contributed by atoms with Gasteiger partial charge in [-0.05, 0) is 11.6 Å². The zero-order valence-corrected chi connectivity index (χ0v) is 8.71. The van der Waals surface area contributed by atoms with E-state index in [-0.39, 0.29) is 0 Å². The second kappa shape index (κ2) is 3.84. The first kappa shape index (κ1) is 10.5. The average Bonchev–Trinajstić information content (AvgIpc) is 2.67. The fourth-order valence-electron chi connectivity index (χ4n) is 1.95. The van der Waals surface area contributed by atoms with Crippen LogP contribution in [-0.4, -0.2) is 30.3 Å². The first-order valence-electron chi connectivity index (χ1n) is 4.83. The van der Waals surface area contributed by atoms with Gasteiger partial charge in [0.1, 0.15) is 6.04 Å². The molecule has 1 aromatic carbocycles. The second-order valence-electron chi connectivity index (χ2n) is 3.52. The van der Waals surface area contributed by atoms with E-state index < -0.39 is 18.1 Å². The molecule has 0 saturated heterocycles. The summed E-state index contributed by atoms with van der Waals surface area (Å²) in [5, 5.41) is 9.09. The summed E-state index contributed by atoms with van der Waals surface area (Å²) < 4.78 is 4.60. The summed E-state index contributed by atoms with van der Waals surface area (Å²) in [4.78, 5) is 23.6. The van der Waals surface area contributed by atoms with Gasteiger partial charge in [0.15, 0.2) is 0 Å². The van der Waals surface area contributed by atoms with Gasteiger partial charge in [-0.3, -0.25) is 4.90 Å². The average molecular weight is 221 g/mol. The number of para-hydroxylation sites is 1. The second-order valence-corrected chi connectivity index (χ2v) is 3.52. The van der Waals surface area contributed by atoms with Gasteiger partial charge in [-0.15, -0.1) is 0 Å². The number of ether oxygens (including phenoxy) is 1. The fourth-order valence-corrected chi connectivity index (χ4v) is 1.95. The maximum Gasteiger partial charge on any atom is 0.412 e. The maximum atomic E-state index is 11.5. The molecule has 0 radical (unpaired) electrons. The molecular weight excluding hydrogens is 210 g/mol. The zero-order chi connectivity index (χ0) is 11.7. The summed E-state index contributed by atoms with van der Waals surface area (Å²) in [6.07, 6.45) is -0.768. The summed E-state index contributed by atoms with van der Waals surface area (Å²) in [6.45, 7) is 0. The molecule has 0 fully saturated rings. The Hall–Kier alpha value is -2.04. The van der Waals surface area contributed by atoms with Crippen molar-refractivity contribution in [1.82, 2.24) is 0 Å². The number of rotatable bonds is 1. The highest BCUT2D eigenvalue weighted by Crippen LogP contribution is 2.32. The van der Waals surface area contributed by atoms with E-state index in [1.807, 2.05) is 12.1 Å². The van der Waals surface area contributed by atoms with E-state index in [0.717, 1.165) is 10.5 Å². The van der Waals surface area contributed by atoms with Crippen molar-refractivity contribution in [3.63, 3.8) is 0 Å². The van der Waals surface area contributed by atoms with Crippen LogP contribution in [0.25, 0.3) is 0 Å². The van der Waals surface area contributed by atoms with Crippen LogP contribution >= 0.6 is 0 Å². The molecule has 1 atom stereocenters. The van der Waals surface area contributed by atoms with Crippen molar-refractivity contribution in [2.45, 2.75) is 12.5 Å². The van der Waals surface area contributed by atoms with Crippen molar-refractivity contribution in [3.05, 3.63) is 29.8 Å². The molecule has 1 amide bonds. The molecule has 0 bridgehead atoms. The highest BCUT2D eigenvalue weighted by molar-refractivity contribution is 5.98. The first-order valence-corrected chi connectivity index (χ1v) is 4.83. The number of hydrogen-bond donors (Lipinski definition) is 1. The number of hydrogen-bond acceptors (Lipinski definition) is 3. The quantitative estimate of drug-likeness (QED) is 0.725. The molecule has 84 valence electrons. The van der Waals surface area contributed by atoms with E-state index in [1.54, 1.807) is 12.1 Å². The van der Waals surface area contributed by atoms with E-state index in [2.05, 4.69) is 4.74 Å². The summed E-state index contributed by atoms with van der Waals surface area (Å²) in [5.74, 6) is -0.529. The van der Waals surface area contributed by atoms with Crippen molar-refractivity contribution in [3.8, 4) is 0 Å². The summed E-state index contributed by atoms with van der Waals surface area (Å²) in [6, 6.07) is 6.30. The molecule has 2 rings (SSSR count). The molecular formula is C11H11NO4. The Morgan fingerprint density at radius 2 is 2.12 bits per heavy atom. The Morgan fingerprint density at radius 3 is 2.75 bits per heavy atom. The molecule has 1 aromatic rings. The highest BCUT2D eigenvalue weighted by Gasteiger charge is 2.38. The number of carbonyl (C=O) groups is 2. The maximum absolute atomic E-state index is 11.5. The van der Waals surface area contributed by atoms with Crippen LogP contribution in [0.1, 0.15) is 5.56 Å². The van der Waals surface area contributed by atoms with Crippen LogP contribution < -0.4 is 4.90 Å². The number of carbonyl (C=O) groups excluding carboxylic acids is 1. The van der Waals surface area contributed by atoms with Crippen molar-refractivity contribution >= 4 is 17.7 Å². The number of anilines is 1. The fraction of sp³-hybridized carbons (Fsp3) is 0.273. The van der Waals surface area contributed by atoms with Gasteiger partial charge >= 0.3 is 12.1 Å². The molecule has 0 aromatic heterocycles. The molecule has 16 heavy (non-hydrogen) atoms. The molecule has 0 aliphatic carbocycles. The van der Waals surface area contributed by atoms with Gasteiger partial charge in [0.2, 0.25) is 0 Å². The van der Waals surface area contributed by atoms with Gasteiger partial charge in [-0.1, -0.05) is 18.2 Å². The van der Waals surface area contributed by atoms with Crippen LogP contribution in [0.3, 0.4) is 0 Å². The predicted molar refractivity (Wildman–Crippen MR) is 56.5 cm³/mol. The Labute approximate surface area is 92.2 Å². The third-order valence-electron chi connectivity index (χ3n) is 2.66. The van der Waals surface area contributed by atoms with Gasteiger partial charge in [0, 0.05) is 6.42 Å². The number of amides is 1. The molecule has 1 heterocycles. The van der Waals surface area contributed by atoms with Crippen molar-refractivity contribution in [2.24, 2.45) is 0 Å². The molecule has 5 nitrogen and oxygen atoms in total. The van der Waals surface area contributed by atoms with Crippen LogP contribution in [-0.2, 0) is 16.0 Å². The highest BCUT2D eigenvalue weighted by atomic mass is 16.5. The lowest BCUT2D eigenvalue weighted by molar-refractivity contribution is -0.141. The van der Waals surface area contributed by atoms with Gasteiger partial charge in [0.05, 0.1) is 12.8 Å². The summed E-state index contributed by atoms with van der Waals surface area (Å²) >= 11 is 0. The minimum absolute atomic E-state index is 0.370. The molecule has 1 aliphatic rings. The number of nitrogens with zero attached hydrogens (tertiary/aromatic N) is 1. The van der Waals surface area contributed by atoms with Crippen LogP contribution in [0.2, 0.25) is 0 Å². The molecule has 0 spiro atoms. The molecule has 1 N–H and O–H groups in total. The Kier molecular flexibility index (Phi) is 2.52. The summed E-state index contributed by atoms with van der Waals surface area (Å²) in [7, 11) is 1.26. The SMILES string of the molecule is COC(=O)C1Cc2ccccc2N1C(=O)O. The van der Waals surface area contributed by atoms with Crippen LogP contribution in [0.15, 0.2) is 24.3 Å². The largest absolute Gasteiger partial charge is 0.467 e. The molecule has 1 unspecified atom stereocenters. The van der Waals surface area contributed by atoms with Crippen molar-refractivity contribution in [2.75, 3.05) is 12.0 Å². The number of fused-ring (bicyclic) bond motifs is 1. The third-order valence-corrected chi connectivity index (χ3v) is 2.66. The van der Waals surface area contributed by atoms with Crippen LogP contribution in [0, 0.1) is 0 Å². The lowest BCUT2D eigenvalue weighted by Gasteiger charge is -2.19. The minimum Gasteiger partial charge on any atom is -0.467 e. The van der Waals surface area contributed by atoms with Gasteiger partial charge in [-0.25, -0.2) is 9.59 Å². The molecule has 5 heteroatoms. The normalized spacial score (nSPS) is 18.1. The minimum atomic E-state index is -1.14. The zero-order valence-electron chi connectivity index (χ0n) is 8.71. The Bertz CT molecular complexity index is 443. The number of benzene rings is 1. The molecule has 1 aliphatic heterocycles. The summed E-state index contributed by atoms with van der Waals surface area (Å²) in [5.41, 5.74) is 1.41. The first-order chi connectivity index (χ1) is 7.65. The predicted octanol–water partition coefficient (Wildman–Crippen LogP) is 1.27. The van der Waals surface area contributed by atoms with E-state index in [0.29, 0.717) is 12.1 Å². The van der Waals surface area contributed by atoms with Crippen LogP contribution in [0.5, 0.6) is 0 Å². The van der Waals surface area contributed by atoms with Gasteiger partial charge in [0.25, 0.3) is 0 Å². The van der Waals surface area contributed by atoms with Crippen molar-refractivity contribution < 1.29 is 19.4 Å². The van der Waals surface area contributed by atoms with Crippen LogP contribution in [0.4, 0.5) is 10.5 Å². The number of carboxylic acid groups (broad SMARTS) is 1. The number of methoxy groups -OCH3 is 1.